The summed E-state index contributed by atoms with van der Waals surface area (Å²) in [6, 6.07) is 0. The third-order valence-electron chi connectivity index (χ3n) is 3.86. The second-order valence-corrected chi connectivity index (χ2v) is 4.69. The summed E-state index contributed by atoms with van der Waals surface area (Å²) in [6.07, 6.45) is 7.97. The number of carboxylic acid groups (broad SMARTS) is 1. The van der Waals surface area contributed by atoms with E-state index < -0.39 is 5.97 Å². The van der Waals surface area contributed by atoms with Crippen molar-refractivity contribution < 1.29 is 9.90 Å². The van der Waals surface area contributed by atoms with E-state index in [1.807, 2.05) is 13.0 Å². The van der Waals surface area contributed by atoms with E-state index in [2.05, 4.69) is 0 Å². The van der Waals surface area contributed by atoms with Gasteiger partial charge in [-0.05, 0) is 43.4 Å². The van der Waals surface area contributed by atoms with E-state index in [1.165, 1.54) is 25.7 Å². The topological polar surface area (TPSA) is 37.3 Å². The standard InChI is InChI=1S/C12H18O2/c1-2-9(12(13)14)7-11-6-8-3-4-10(11)5-8/h7-8,10-11H,2-6H2,1H3,(H,13,14). The first kappa shape index (κ1) is 9.75. The lowest BCUT2D eigenvalue weighted by atomic mass is 9.87. The summed E-state index contributed by atoms with van der Waals surface area (Å²) in [5.74, 6) is 1.53. The Labute approximate surface area is 85.0 Å². The SMILES string of the molecule is CCC(=CC1CC2CCC1C2)C(=O)O. The van der Waals surface area contributed by atoms with E-state index in [4.69, 9.17) is 5.11 Å². The molecular formula is C12H18O2. The molecule has 3 unspecified atom stereocenters. The second-order valence-electron chi connectivity index (χ2n) is 4.69. The van der Waals surface area contributed by atoms with Gasteiger partial charge in [0.15, 0.2) is 0 Å². The highest BCUT2D eigenvalue weighted by Crippen LogP contribution is 2.49. The molecule has 0 aliphatic heterocycles. The van der Waals surface area contributed by atoms with Crippen molar-refractivity contribution in [3.8, 4) is 0 Å². The van der Waals surface area contributed by atoms with E-state index in [0.717, 1.165) is 11.8 Å². The van der Waals surface area contributed by atoms with Crippen LogP contribution in [0.25, 0.3) is 0 Å². The van der Waals surface area contributed by atoms with Crippen LogP contribution in [-0.4, -0.2) is 11.1 Å². The van der Waals surface area contributed by atoms with Crippen LogP contribution in [0.4, 0.5) is 0 Å². The molecule has 0 aromatic rings. The molecular weight excluding hydrogens is 176 g/mol. The van der Waals surface area contributed by atoms with E-state index in [1.54, 1.807) is 0 Å². The highest BCUT2D eigenvalue weighted by Gasteiger charge is 2.38. The maximum absolute atomic E-state index is 10.9. The van der Waals surface area contributed by atoms with E-state index in [0.29, 0.717) is 17.9 Å². The van der Waals surface area contributed by atoms with E-state index >= 15 is 0 Å². The molecule has 2 aliphatic rings. The minimum Gasteiger partial charge on any atom is -0.478 e. The Hall–Kier alpha value is -0.790. The van der Waals surface area contributed by atoms with Gasteiger partial charge in [-0.2, -0.15) is 0 Å². The van der Waals surface area contributed by atoms with Gasteiger partial charge in [-0.1, -0.05) is 19.4 Å². The number of carbonyl (C=O) groups is 1. The Bertz CT molecular complexity index is 267. The molecule has 0 aromatic heterocycles. The maximum Gasteiger partial charge on any atom is 0.331 e. The molecule has 3 atom stereocenters. The zero-order valence-corrected chi connectivity index (χ0v) is 8.70. The van der Waals surface area contributed by atoms with Crippen molar-refractivity contribution >= 4 is 5.97 Å². The summed E-state index contributed by atoms with van der Waals surface area (Å²) in [7, 11) is 0. The monoisotopic (exact) mass is 194 g/mol. The molecule has 0 radical (unpaired) electrons. The average molecular weight is 194 g/mol. The lowest BCUT2D eigenvalue weighted by Crippen LogP contribution is -2.10. The maximum atomic E-state index is 10.9. The molecule has 78 valence electrons. The van der Waals surface area contributed by atoms with Gasteiger partial charge in [-0.25, -0.2) is 4.79 Å². The number of allylic oxidation sites excluding steroid dienone is 1. The van der Waals surface area contributed by atoms with Gasteiger partial charge in [0.05, 0.1) is 0 Å². The second kappa shape index (κ2) is 3.76. The summed E-state index contributed by atoms with van der Waals surface area (Å²) in [5.41, 5.74) is 0.613. The highest BCUT2D eigenvalue weighted by atomic mass is 16.4. The highest BCUT2D eigenvalue weighted by molar-refractivity contribution is 5.86. The van der Waals surface area contributed by atoms with Gasteiger partial charge in [0.25, 0.3) is 0 Å². The Kier molecular flexibility index (Phi) is 2.62. The minimum absolute atomic E-state index is 0.569. The van der Waals surface area contributed by atoms with Crippen LogP contribution in [0.2, 0.25) is 0 Å². The lowest BCUT2D eigenvalue weighted by Gasteiger charge is -2.18. The van der Waals surface area contributed by atoms with Crippen LogP contribution in [0.15, 0.2) is 11.6 Å². The summed E-state index contributed by atoms with van der Waals surface area (Å²) in [6.45, 7) is 1.92. The van der Waals surface area contributed by atoms with Gasteiger partial charge < -0.3 is 5.11 Å². The van der Waals surface area contributed by atoms with Crippen LogP contribution in [-0.2, 0) is 4.79 Å². The smallest absolute Gasteiger partial charge is 0.331 e. The van der Waals surface area contributed by atoms with E-state index in [-0.39, 0.29) is 0 Å². The number of aliphatic carboxylic acids is 1. The number of rotatable bonds is 3. The molecule has 0 saturated heterocycles. The first-order chi connectivity index (χ1) is 6.70. The molecule has 1 N–H and O–H groups in total. The molecule has 2 fully saturated rings. The van der Waals surface area contributed by atoms with Gasteiger partial charge in [0.1, 0.15) is 0 Å². The van der Waals surface area contributed by atoms with Gasteiger partial charge in [0, 0.05) is 5.57 Å². The zero-order chi connectivity index (χ0) is 10.1. The van der Waals surface area contributed by atoms with Crippen molar-refractivity contribution in [2.75, 3.05) is 0 Å². The molecule has 2 aliphatic carbocycles. The van der Waals surface area contributed by atoms with Crippen molar-refractivity contribution in [3.63, 3.8) is 0 Å². The van der Waals surface area contributed by atoms with Gasteiger partial charge in [0.2, 0.25) is 0 Å². The molecule has 14 heavy (non-hydrogen) atoms. The van der Waals surface area contributed by atoms with Crippen LogP contribution >= 0.6 is 0 Å². The van der Waals surface area contributed by atoms with Gasteiger partial charge >= 0.3 is 5.97 Å². The summed E-state index contributed by atoms with van der Waals surface area (Å²) in [5, 5.41) is 8.94. The van der Waals surface area contributed by atoms with Crippen molar-refractivity contribution in [2.45, 2.75) is 39.0 Å². The van der Waals surface area contributed by atoms with Crippen LogP contribution < -0.4 is 0 Å². The average Bonchev–Trinajstić information content (AvgIpc) is 2.74. The molecule has 0 aromatic carbocycles. The Morgan fingerprint density at radius 2 is 2.21 bits per heavy atom. The predicted octanol–water partition coefficient (Wildman–Crippen LogP) is 2.84. The van der Waals surface area contributed by atoms with Gasteiger partial charge in [-0.15, -0.1) is 0 Å². The number of fused-ring (bicyclic) bond motifs is 2. The molecule has 0 amide bonds. The fourth-order valence-electron chi connectivity index (χ4n) is 3.10. The Morgan fingerprint density at radius 3 is 2.64 bits per heavy atom. The van der Waals surface area contributed by atoms with E-state index in [9.17, 15) is 4.79 Å². The molecule has 2 bridgehead atoms. The number of carboxylic acids is 1. The first-order valence-corrected chi connectivity index (χ1v) is 5.64. The predicted molar refractivity (Wildman–Crippen MR) is 54.9 cm³/mol. The van der Waals surface area contributed by atoms with Crippen molar-refractivity contribution in [2.24, 2.45) is 17.8 Å². The van der Waals surface area contributed by atoms with Crippen molar-refractivity contribution in [3.05, 3.63) is 11.6 Å². The molecule has 2 heteroatoms. The summed E-state index contributed by atoms with van der Waals surface area (Å²) < 4.78 is 0. The van der Waals surface area contributed by atoms with Gasteiger partial charge in [-0.3, -0.25) is 0 Å². The third kappa shape index (κ3) is 1.70. The Morgan fingerprint density at radius 1 is 1.43 bits per heavy atom. The van der Waals surface area contributed by atoms with Crippen molar-refractivity contribution in [1.29, 1.82) is 0 Å². The summed E-state index contributed by atoms with van der Waals surface area (Å²) >= 11 is 0. The van der Waals surface area contributed by atoms with Crippen molar-refractivity contribution in [1.82, 2.24) is 0 Å². The minimum atomic E-state index is -0.727. The quantitative estimate of drug-likeness (QED) is 0.701. The van der Waals surface area contributed by atoms with Crippen LogP contribution in [0.5, 0.6) is 0 Å². The number of hydrogen-bond acceptors (Lipinski definition) is 1. The normalized spacial score (nSPS) is 36.4. The lowest BCUT2D eigenvalue weighted by molar-refractivity contribution is -0.132. The number of hydrogen-bond donors (Lipinski definition) is 1. The van der Waals surface area contributed by atoms with Crippen LogP contribution in [0.3, 0.4) is 0 Å². The van der Waals surface area contributed by atoms with Crippen LogP contribution in [0, 0.1) is 17.8 Å². The third-order valence-corrected chi connectivity index (χ3v) is 3.86. The summed E-state index contributed by atoms with van der Waals surface area (Å²) in [4.78, 5) is 10.9. The van der Waals surface area contributed by atoms with Crippen LogP contribution in [0.1, 0.15) is 39.0 Å². The fourth-order valence-corrected chi connectivity index (χ4v) is 3.10. The molecule has 0 spiro atoms. The largest absolute Gasteiger partial charge is 0.478 e. The fraction of sp³-hybridized carbons (Fsp3) is 0.750. The Balaban J connectivity index is 2.06. The zero-order valence-electron chi connectivity index (χ0n) is 8.70. The molecule has 2 nitrogen and oxygen atoms in total. The molecule has 2 saturated carbocycles. The molecule has 2 rings (SSSR count). The first-order valence-electron chi connectivity index (χ1n) is 5.64. The molecule has 0 heterocycles.